The van der Waals surface area contributed by atoms with Gasteiger partial charge in [-0.15, -0.1) is 0 Å². The Kier molecular flexibility index (Phi) is 10.2. The van der Waals surface area contributed by atoms with Gasteiger partial charge in [-0.1, -0.05) is 206 Å². The highest BCUT2D eigenvalue weighted by atomic mass is 15.2. The predicted octanol–water partition coefficient (Wildman–Crippen LogP) is 18.0. The highest BCUT2D eigenvalue weighted by Crippen LogP contribution is 2.71. The fourth-order valence-corrected chi connectivity index (χ4v) is 16.7. The van der Waals surface area contributed by atoms with Gasteiger partial charge in [0.15, 0.2) is 0 Å². The summed E-state index contributed by atoms with van der Waals surface area (Å²) >= 11 is 0. The summed E-state index contributed by atoms with van der Waals surface area (Å²) < 4.78 is 0. The smallest absolute Gasteiger partial charge is 0.0710 e. The van der Waals surface area contributed by atoms with Crippen molar-refractivity contribution in [1.29, 1.82) is 0 Å². The van der Waals surface area contributed by atoms with Crippen LogP contribution < -0.4 is 4.90 Å². The van der Waals surface area contributed by atoms with Crippen LogP contribution in [0, 0.1) is 17.8 Å². The van der Waals surface area contributed by atoms with Crippen molar-refractivity contribution in [3.05, 3.63) is 286 Å². The fraction of sp³-hybridized carbons (Fsp3) is 0.250. The number of hydrogen-bond donors (Lipinski definition) is 0. The Hall–Kier alpha value is -7.22. The van der Waals surface area contributed by atoms with Crippen molar-refractivity contribution in [3.63, 3.8) is 0 Å². The zero-order chi connectivity index (χ0) is 48.1. The van der Waals surface area contributed by atoms with Gasteiger partial charge < -0.3 is 4.90 Å². The molecule has 1 nitrogen and oxygen atoms in total. The number of hydrogen-bond acceptors (Lipinski definition) is 1. The second kappa shape index (κ2) is 17.2. The Bertz CT molecular complexity index is 3520. The third kappa shape index (κ3) is 6.27. The number of benzene rings is 7. The summed E-state index contributed by atoms with van der Waals surface area (Å²) in [5, 5.41) is 2.79. The van der Waals surface area contributed by atoms with E-state index in [1.54, 1.807) is 27.8 Å². The van der Waals surface area contributed by atoms with E-state index in [2.05, 4.69) is 229 Å². The Morgan fingerprint density at radius 2 is 1.29 bits per heavy atom. The number of fused-ring (bicyclic) bond motifs is 13. The van der Waals surface area contributed by atoms with Crippen molar-refractivity contribution in [2.45, 2.75) is 92.9 Å². The average molecular weight is 942 g/mol. The number of nitrogens with zero attached hydrogens (tertiary/aromatic N) is 1. The van der Waals surface area contributed by atoms with Crippen LogP contribution in [0.2, 0.25) is 0 Å². The molecule has 0 heterocycles. The van der Waals surface area contributed by atoms with Gasteiger partial charge in [0.2, 0.25) is 0 Å². The van der Waals surface area contributed by atoms with Crippen molar-refractivity contribution in [2.75, 3.05) is 4.90 Å². The second-order valence-electron chi connectivity index (χ2n) is 22.4. The van der Waals surface area contributed by atoms with Crippen LogP contribution in [0.1, 0.15) is 121 Å². The van der Waals surface area contributed by atoms with E-state index in [0.717, 1.165) is 38.5 Å². The molecule has 356 valence electrons. The molecule has 7 aromatic rings. The number of anilines is 2. The molecule has 0 N–H and O–H groups in total. The Morgan fingerprint density at radius 1 is 0.534 bits per heavy atom. The summed E-state index contributed by atoms with van der Waals surface area (Å²) in [5.74, 6) is 2.45. The molecule has 8 aliphatic rings. The molecule has 0 saturated heterocycles. The standard InChI is InChI=1S/C72H63N/c1-4-22-51(23-5-1)71(52-24-6-2-7-25-52)65-36-19-15-32-61(65)70-66(71)37-20-38-68(70)73(53-26-8-3-9-27-53)54-43-39-49(40-44-54)56-45-41-48-21-10-11-28-55(48)69(56)50-42-46-60-59-31-14-18-35-64(59)72(67(60)47-50)62-33-16-12-29-57(62)58-30-13-17-34-63(58)72/h1-12,14,18-31,34-39,41-42,45-46,50,54,57,60,62,67H,13,15-17,32-33,40,43-44,47H2. The molecule has 7 atom stereocenters. The van der Waals surface area contributed by atoms with Crippen molar-refractivity contribution in [1.82, 2.24) is 0 Å². The summed E-state index contributed by atoms with van der Waals surface area (Å²) in [4.78, 5) is 2.75. The molecule has 15 rings (SSSR count). The minimum atomic E-state index is -0.400. The lowest BCUT2D eigenvalue weighted by molar-refractivity contribution is 0.190. The minimum Gasteiger partial charge on any atom is -0.338 e. The van der Waals surface area contributed by atoms with Gasteiger partial charge in [0, 0.05) is 46.1 Å². The molecule has 8 aliphatic carbocycles. The lowest BCUT2D eigenvalue weighted by Crippen LogP contribution is -2.41. The first kappa shape index (κ1) is 43.4. The van der Waals surface area contributed by atoms with E-state index in [1.807, 2.05) is 0 Å². The molecule has 1 fully saturated rings. The molecule has 0 aliphatic heterocycles. The number of para-hydroxylation sites is 1. The normalized spacial score (nSPS) is 26.8. The van der Waals surface area contributed by atoms with E-state index in [4.69, 9.17) is 0 Å². The van der Waals surface area contributed by atoms with Gasteiger partial charge in [0.25, 0.3) is 0 Å². The molecule has 7 aromatic carbocycles. The zero-order valence-electron chi connectivity index (χ0n) is 41.8. The van der Waals surface area contributed by atoms with Crippen molar-refractivity contribution in [3.8, 4) is 0 Å². The molecular formula is C72H63N. The molecule has 0 bridgehead atoms. The first-order chi connectivity index (χ1) is 36.2. The maximum Gasteiger partial charge on any atom is 0.0710 e. The Balaban J connectivity index is 0.838. The average Bonchev–Trinajstić information content (AvgIpc) is 4.07. The van der Waals surface area contributed by atoms with E-state index >= 15 is 0 Å². The summed E-state index contributed by atoms with van der Waals surface area (Å²) in [6.07, 6.45) is 34.5. The van der Waals surface area contributed by atoms with E-state index in [1.165, 1.54) is 92.4 Å². The van der Waals surface area contributed by atoms with E-state index < -0.39 is 5.41 Å². The Morgan fingerprint density at radius 3 is 2.11 bits per heavy atom. The van der Waals surface area contributed by atoms with Gasteiger partial charge in [0.1, 0.15) is 0 Å². The molecule has 0 radical (unpaired) electrons. The number of allylic oxidation sites excluding steroid dienone is 13. The molecular weight excluding hydrogens is 879 g/mol. The minimum absolute atomic E-state index is 0.0547. The molecule has 7 unspecified atom stereocenters. The van der Waals surface area contributed by atoms with Crippen molar-refractivity contribution < 1.29 is 0 Å². The van der Waals surface area contributed by atoms with E-state index in [9.17, 15) is 0 Å². The van der Waals surface area contributed by atoms with Gasteiger partial charge in [0.05, 0.1) is 5.41 Å². The molecule has 1 saturated carbocycles. The summed E-state index contributed by atoms with van der Waals surface area (Å²) in [6.45, 7) is 0. The number of rotatable bonds is 7. The van der Waals surface area contributed by atoms with Crippen LogP contribution in [0.15, 0.2) is 241 Å². The SMILES string of the molecule is C1=CC2=C(CC1)c1c(N(c3ccccc3)C3CC=C(c4ccc5ccccc5c4C4C=CC5c6ccccc6C6(C7=CCCC=C7C7C=CCCC76)C5C4)CC3)cccc1C2(c1ccccc1)c1ccccc1. The molecule has 0 aromatic heterocycles. The van der Waals surface area contributed by atoms with Crippen LogP contribution in [0.3, 0.4) is 0 Å². The van der Waals surface area contributed by atoms with Gasteiger partial charge in [-0.2, -0.15) is 0 Å². The third-order valence-corrected chi connectivity index (χ3v) is 19.3. The van der Waals surface area contributed by atoms with Crippen LogP contribution in [-0.2, 0) is 10.8 Å². The highest BCUT2D eigenvalue weighted by Gasteiger charge is 2.64. The lowest BCUT2D eigenvalue weighted by Gasteiger charge is -2.45. The van der Waals surface area contributed by atoms with Crippen LogP contribution in [0.25, 0.3) is 21.9 Å². The molecule has 0 amide bonds. The second-order valence-corrected chi connectivity index (χ2v) is 22.4. The van der Waals surface area contributed by atoms with Crippen LogP contribution in [0.4, 0.5) is 11.4 Å². The lowest BCUT2D eigenvalue weighted by atomic mass is 9.57. The summed E-state index contributed by atoms with van der Waals surface area (Å²) in [7, 11) is 0. The maximum absolute atomic E-state index is 2.75. The van der Waals surface area contributed by atoms with Crippen molar-refractivity contribution >= 4 is 33.3 Å². The van der Waals surface area contributed by atoms with E-state index in [0.29, 0.717) is 35.6 Å². The fourth-order valence-electron chi connectivity index (χ4n) is 16.7. The van der Waals surface area contributed by atoms with Crippen LogP contribution in [-0.4, -0.2) is 6.04 Å². The van der Waals surface area contributed by atoms with Gasteiger partial charge >= 0.3 is 0 Å². The Labute approximate surface area is 432 Å². The first-order valence-electron chi connectivity index (χ1n) is 27.8. The van der Waals surface area contributed by atoms with Gasteiger partial charge in [-0.05, 0) is 172 Å². The van der Waals surface area contributed by atoms with Gasteiger partial charge in [-0.25, -0.2) is 0 Å². The third-order valence-electron chi connectivity index (χ3n) is 19.3. The molecule has 73 heavy (non-hydrogen) atoms. The first-order valence-corrected chi connectivity index (χ1v) is 27.8. The van der Waals surface area contributed by atoms with Gasteiger partial charge in [-0.3, -0.25) is 0 Å². The van der Waals surface area contributed by atoms with Crippen LogP contribution >= 0.6 is 0 Å². The monoisotopic (exact) mass is 941 g/mol. The summed E-state index contributed by atoms with van der Waals surface area (Å²) in [5.41, 5.74) is 21.9. The molecule has 1 heteroatoms. The quantitative estimate of drug-likeness (QED) is 0.144. The molecule has 1 spiro atoms. The predicted molar refractivity (Wildman–Crippen MR) is 304 cm³/mol. The highest BCUT2D eigenvalue weighted by molar-refractivity contribution is 5.95. The maximum atomic E-state index is 2.75. The van der Waals surface area contributed by atoms with E-state index in [-0.39, 0.29) is 5.41 Å². The topological polar surface area (TPSA) is 3.24 Å². The van der Waals surface area contributed by atoms with Crippen LogP contribution in [0.5, 0.6) is 0 Å². The zero-order valence-corrected chi connectivity index (χ0v) is 41.8. The van der Waals surface area contributed by atoms with Crippen molar-refractivity contribution in [2.24, 2.45) is 17.8 Å². The largest absolute Gasteiger partial charge is 0.338 e. The summed E-state index contributed by atoms with van der Waals surface area (Å²) in [6, 6.07) is 65.5.